The van der Waals surface area contributed by atoms with E-state index < -0.39 is 23.4 Å². The van der Waals surface area contributed by atoms with Crippen molar-refractivity contribution >= 4 is 23.5 Å². The van der Waals surface area contributed by atoms with Crippen molar-refractivity contribution < 1.29 is 27.2 Å². The van der Waals surface area contributed by atoms with Crippen LogP contribution in [0.25, 0.3) is 0 Å². The largest absolute Gasteiger partial charge is 0.437 e. The molecule has 1 saturated carbocycles. The number of rotatable bonds is 8. The third kappa shape index (κ3) is 7.50. The summed E-state index contributed by atoms with van der Waals surface area (Å²) in [6.45, 7) is 3.72. The molecule has 0 radical (unpaired) electrons. The second-order valence-corrected chi connectivity index (χ2v) is 12.5. The normalized spacial score (nSPS) is 18.8. The molecule has 3 fully saturated rings. The number of halogens is 3. The minimum Gasteiger partial charge on any atom is -0.420 e. The van der Waals surface area contributed by atoms with Crippen LogP contribution in [-0.4, -0.2) is 65.8 Å². The van der Waals surface area contributed by atoms with Crippen LogP contribution in [0.2, 0.25) is 0 Å². The number of benzene rings is 1. The zero-order chi connectivity index (χ0) is 31.4. The molecule has 1 amide bonds. The molecule has 1 aromatic carbocycles. The number of carbonyl (C=O) groups excluding carboxylic acids is 2. The van der Waals surface area contributed by atoms with E-state index in [1.54, 1.807) is 17.0 Å². The molecule has 0 bridgehead atoms. The van der Waals surface area contributed by atoms with Gasteiger partial charge in [0, 0.05) is 58.3 Å². The zero-order valence-electron chi connectivity index (χ0n) is 25.5. The average Bonchev–Trinajstić information content (AvgIpc) is 3.67. The van der Waals surface area contributed by atoms with Crippen LogP contribution in [0.1, 0.15) is 84.7 Å². The summed E-state index contributed by atoms with van der Waals surface area (Å²) in [5.74, 6) is 0.224. The lowest BCUT2D eigenvalue weighted by atomic mass is 9.90. The van der Waals surface area contributed by atoms with E-state index in [4.69, 9.17) is 4.42 Å². The maximum Gasteiger partial charge on any atom is 0.437 e. The lowest BCUT2D eigenvalue weighted by Crippen LogP contribution is -2.36. The molecule has 240 valence electrons. The number of amides is 1. The van der Waals surface area contributed by atoms with Gasteiger partial charge in [-0.3, -0.25) is 9.59 Å². The summed E-state index contributed by atoms with van der Waals surface area (Å²) >= 11 is 0. The minimum atomic E-state index is -4.82. The molecule has 11 heteroatoms. The molecule has 2 aromatic heterocycles. The number of oxazole rings is 1. The van der Waals surface area contributed by atoms with Crippen molar-refractivity contribution in [2.24, 2.45) is 5.92 Å². The van der Waals surface area contributed by atoms with Crippen molar-refractivity contribution in [1.29, 1.82) is 0 Å². The van der Waals surface area contributed by atoms with Gasteiger partial charge in [0.1, 0.15) is 5.82 Å². The standard InChI is InChI=1S/C34H40F3N5O3/c35-34(36,37)32-31(45-33(39-32)42-17-13-27(14-18-42)26-9-2-1-3-10-26)28(43)21-25-11-12-29(38-23-25)40-15-6-16-41(20-19-40)30(44)22-24-7-4-5-8-24/h1-3,9-12,23-24,27H,4-8,13-22H2. The van der Waals surface area contributed by atoms with E-state index >= 15 is 0 Å². The molecular formula is C34H40F3N5O3. The van der Waals surface area contributed by atoms with Gasteiger partial charge >= 0.3 is 6.18 Å². The zero-order valence-corrected chi connectivity index (χ0v) is 25.5. The van der Waals surface area contributed by atoms with Crippen LogP contribution in [0.4, 0.5) is 25.0 Å². The molecule has 2 aliphatic heterocycles. The van der Waals surface area contributed by atoms with E-state index in [1.807, 2.05) is 23.1 Å². The minimum absolute atomic E-state index is 0.164. The Morgan fingerprint density at radius 3 is 2.29 bits per heavy atom. The molecule has 0 N–H and O–H groups in total. The Morgan fingerprint density at radius 1 is 0.844 bits per heavy atom. The van der Waals surface area contributed by atoms with E-state index in [1.165, 1.54) is 24.6 Å². The first-order valence-corrected chi connectivity index (χ1v) is 16.1. The highest BCUT2D eigenvalue weighted by Crippen LogP contribution is 2.37. The second kappa shape index (κ2) is 13.6. The van der Waals surface area contributed by atoms with Gasteiger partial charge in [-0.05, 0) is 61.1 Å². The summed E-state index contributed by atoms with van der Waals surface area (Å²) in [6.07, 6.45) is 4.11. The number of carbonyl (C=O) groups is 2. The van der Waals surface area contributed by atoms with Gasteiger partial charge in [0.2, 0.25) is 17.5 Å². The monoisotopic (exact) mass is 623 g/mol. The van der Waals surface area contributed by atoms with Crippen LogP contribution in [0, 0.1) is 5.92 Å². The highest BCUT2D eigenvalue weighted by molar-refractivity contribution is 5.96. The first-order chi connectivity index (χ1) is 21.7. The molecule has 0 unspecified atom stereocenters. The van der Waals surface area contributed by atoms with Crippen molar-refractivity contribution in [1.82, 2.24) is 14.9 Å². The summed E-state index contributed by atoms with van der Waals surface area (Å²) in [5.41, 5.74) is 0.411. The van der Waals surface area contributed by atoms with E-state index in [9.17, 15) is 22.8 Å². The number of aromatic nitrogens is 2. The Kier molecular flexibility index (Phi) is 9.42. The fourth-order valence-corrected chi connectivity index (χ4v) is 6.92. The Bertz CT molecular complexity index is 1450. The van der Waals surface area contributed by atoms with Crippen molar-refractivity contribution in [3.8, 4) is 0 Å². The molecule has 3 aliphatic rings. The number of hydrogen-bond acceptors (Lipinski definition) is 7. The molecule has 6 rings (SSSR count). The molecule has 3 aromatic rings. The van der Waals surface area contributed by atoms with Gasteiger partial charge in [0.05, 0.1) is 0 Å². The predicted molar refractivity (Wildman–Crippen MR) is 164 cm³/mol. The molecule has 4 heterocycles. The SMILES string of the molecule is O=C(Cc1ccc(N2CCCN(C(=O)CC3CCCC3)CC2)nc1)c1oc(N2CCC(c3ccccc3)CC2)nc1C(F)(F)F. The van der Waals surface area contributed by atoms with Crippen molar-refractivity contribution in [2.75, 3.05) is 49.1 Å². The number of pyridine rings is 1. The maximum atomic E-state index is 13.9. The van der Waals surface area contributed by atoms with Crippen LogP contribution in [-0.2, 0) is 17.4 Å². The highest BCUT2D eigenvalue weighted by atomic mass is 19.4. The van der Waals surface area contributed by atoms with Gasteiger partial charge in [-0.15, -0.1) is 0 Å². The third-order valence-corrected chi connectivity index (χ3v) is 9.46. The fraction of sp³-hybridized carbons (Fsp3) is 0.529. The summed E-state index contributed by atoms with van der Waals surface area (Å²) in [4.78, 5) is 40.0. The van der Waals surface area contributed by atoms with Crippen LogP contribution < -0.4 is 9.80 Å². The van der Waals surface area contributed by atoms with Gasteiger partial charge in [-0.1, -0.05) is 49.2 Å². The van der Waals surface area contributed by atoms with Gasteiger partial charge in [0.25, 0.3) is 6.01 Å². The number of piperidine rings is 1. The number of alkyl halides is 3. The summed E-state index contributed by atoms with van der Waals surface area (Å²) in [7, 11) is 0. The average molecular weight is 624 g/mol. The molecule has 0 spiro atoms. The van der Waals surface area contributed by atoms with E-state index in [-0.39, 0.29) is 18.3 Å². The van der Waals surface area contributed by atoms with Gasteiger partial charge < -0.3 is 19.1 Å². The first-order valence-electron chi connectivity index (χ1n) is 16.1. The molecule has 0 atom stereocenters. The fourth-order valence-electron chi connectivity index (χ4n) is 6.92. The van der Waals surface area contributed by atoms with Crippen molar-refractivity contribution in [3.63, 3.8) is 0 Å². The maximum absolute atomic E-state index is 13.9. The Morgan fingerprint density at radius 2 is 1.60 bits per heavy atom. The predicted octanol–water partition coefficient (Wildman–Crippen LogP) is 6.52. The smallest absolute Gasteiger partial charge is 0.420 e. The Labute approximate surface area is 261 Å². The number of ketones is 1. The van der Waals surface area contributed by atoms with Crippen molar-refractivity contribution in [2.45, 2.75) is 69.9 Å². The summed E-state index contributed by atoms with van der Waals surface area (Å²) in [6, 6.07) is 13.4. The summed E-state index contributed by atoms with van der Waals surface area (Å²) in [5, 5.41) is 0. The second-order valence-electron chi connectivity index (χ2n) is 12.5. The van der Waals surface area contributed by atoms with Crippen LogP contribution in [0.3, 0.4) is 0 Å². The van der Waals surface area contributed by atoms with Gasteiger partial charge in [-0.25, -0.2) is 4.98 Å². The molecular weight excluding hydrogens is 583 g/mol. The molecule has 8 nitrogen and oxygen atoms in total. The highest BCUT2D eigenvalue weighted by Gasteiger charge is 2.42. The van der Waals surface area contributed by atoms with Gasteiger partial charge in [0.15, 0.2) is 5.69 Å². The third-order valence-electron chi connectivity index (χ3n) is 9.46. The van der Waals surface area contributed by atoms with E-state index in [0.29, 0.717) is 55.8 Å². The Balaban J connectivity index is 1.07. The molecule has 2 saturated heterocycles. The topological polar surface area (TPSA) is 82.8 Å². The number of Topliss-reactive ketones (excluding diaryl/α,β-unsaturated/α-hetero) is 1. The number of hydrogen-bond donors (Lipinski definition) is 0. The van der Waals surface area contributed by atoms with Crippen LogP contribution in [0.15, 0.2) is 53.1 Å². The first kappa shape index (κ1) is 31.1. The van der Waals surface area contributed by atoms with Crippen LogP contribution in [0.5, 0.6) is 0 Å². The molecule has 45 heavy (non-hydrogen) atoms. The lowest BCUT2D eigenvalue weighted by molar-refractivity contribution is -0.141. The lowest BCUT2D eigenvalue weighted by Gasteiger charge is -2.31. The number of nitrogens with zero attached hydrogens (tertiary/aromatic N) is 5. The van der Waals surface area contributed by atoms with E-state index in [0.717, 1.165) is 45.2 Å². The molecule has 1 aliphatic carbocycles. The van der Waals surface area contributed by atoms with E-state index in [2.05, 4.69) is 27.0 Å². The quantitative estimate of drug-likeness (QED) is 0.265. The summed E-state index contributed by atoms with van der Waals surface area (Å²) < 4.78 is 47.4. The Hall–Kier alpha value is -3.89. The number of anilines is 2. The van der Waals surface area contributed by atoms with Crippen LogP contribution >= 0.6 is 0 Å². The van der Waals surface area contributed by atoms with Crippen molar-refractivity contribution in [3.05, 3.63) is 71.2 Å². The van der Waals surface area contributed by atoms with Gasteiger partial charge in [-0.2, -0.15) is 18.2 Å².